The maximum atomic E-state index is 12.6. The molecule has 0 saturated carbocycles. The number of nitrogens with zero attached hydrogens (tertiary/aromatic N) is 1. The van der Waals surface area contributed by atoms with Crippen molar-refractivity contribution in [1.82, 2.24) is 4.90 Å². The molecule has 0 aliphatic carbocycles. The van der Waals surface area contributed by atoms with Crippen LogP contribution in [0.2, 0.25) is 0 Å². The van der Waals surface area contributed by atoms with Crippen LogP contribution in [0.25, 0.3) is 0 Å². The van der Waals surface area contributed by atoms with Gasteiger partial charge < -0.3 is 10.6 Å². The van der Waals surface area contributed by atoms with Crippen molar-refractivity contribution in [3.63, 3.8) is 0 Å². The number of amides is 2. The van der Waals surface area contributed by atoms with Crippen molar-refractivity contribution in [3.05, 3.63) is 95.1 Å². The van der Waals surface area contributed by atoms with Crippen molar-refractivity contribution in [1.29, 1.82) is 0 Å². The van der Waals surface area contributed by atoms with Crippen molar-refractivity contribution < 1.29 is 9.59 Å². The van der Waals surface area contributed by atoms with Gasteiger partial charge in [0.15, 0.2) is 0 Å². The quantitative estimate of drug-likeness (QED) is 0.666. The van der Waals surface area contributed by atoms with Crippen LogP contribution < -0.4 is 10.6 Å². The first-order valence-electron chi connectivity index (χ1n) is 10.1. The molecule has 5 heteroatoms. The van der Waals surface area contributed by atoms with Gasteiger partial charge in [-0.1, -0.05) is 42.5 Å². The number of carbonyl (C=O) groups is 2. The topological polar surface area (TPSA) is 61.4 Å². The summed E-state index contributed by atoms with van der Waals surface area (Å²) in [7, 11) is 0. The summed E-state index contributed by atoms with van der Waals surface area (Å²) in [6.07, 6.45) is 1.08. The Morgan fingerprint density at radius 1 is 0.867 bits per heavy atom. The van der Waals surface area contributed by atoms with E-state index in [0.717, 1.165) is 26.1 Å². The Morgan fingerprint density at radius 3 is 2.30 bits per heavy atom. The highest BCUT2D eigenvalue weighted by atomic mass is 16.2. The Kier molecular flexibility index (Phi) is 5.91. The van der Waals surface area contributed by atoms with Gasteiger partial charge in [0.1, 0.15) is 0 Å². The van der Waals surface area contributed by atoms with Crippen LogP contribution in [-0.4, -0.2) is 23.3 Å². The molecule has 0 saturated heterocycles. The summed E-state index contributed by atoms with van der Waals surface area (Å²) < 4.78 is 0. The number of hydrogen-bond acceptors (Lipinski definition) is 3. The van der Waals surface area contributed by atoms with E-state index in [1.54, 1.807) is 24.3 Å². The molecule has 0 spiro atoms. The average Bonchev–Trinajstić information content (AvgIpc) is 2.74. The largest absolute Gasteiger partial charge is 0.326 e. The van der Waals surface area contributed by atoms with E-state index < -0.39 is 0 Å². The summed E-state index contributed by atoms with van der Waals surface area (Å²) in [6, 6.07) is 23.5. The highest BCUT2D eigenvalue weighted by Crippen LogP contribution is 2.21. The van der Waals surface area contributed by atoms with Crippen molar-refractivity contribution in [3.8, 4) is 0 Å². The standard InChI is InChI=1S/C25H25N3O2/c1-18(29)26-23-7-4-8-24(15-23)27-25(30)21-11-9-19(10-12-21)16-28-14-13-20-5-2-3-6-22(20)17-28/h2-12,15H,13-14,16-17H2,1H3,(H,26,29)(H,27,30). The molecule has 1 aliphatic rings. The van der Waals surface area contributed by atoms with E-state index in [1.807, 2.05) is 24.3 Å². The van der Waals surface area contributed by atoms with Crippen LogP contribution >= 0.6 is 0 Å². The van der Waals surface area contributed by atoms with E-state index in [0.29, 0.717) is 16.9 Å². The molecule has 0 radical (unpaired) electrons. The monoisotopic (exact) mass is 399 g/mol. The van der Waals surface area contributed by atoms with Gasteiger partial charge in [-0.3, -0.25) is 14.5 Å². The Hall–Kier alpha value is -3.44. The van der Waals surface area contributed by atoms with Gasteiger partial charge in [0, 0.05) is 43.5 Å². The minimum Gasteiger partial charge on any atom is -0.326 e. The number of carbonyl (C=O) groups excluding carboxylic acids is 2. The van der Waals surface area contributed by atoms with Gasteiger partial charge in [-0.05, 0) is 53.4 Å². The number of rotatable bonds is 5. The summed E-state index contributed by atoms with van der Waals surface area (Å²) in [5.74, 6) is -0.320. The zero-order chi connectivity index (χ0) is 20.9. The summed E-state index contributed by atoms with van der Waals surface area (Å²) in [5, 5.41) is 5.60. The highest BCUT2D eigenvalue weighted by Gasteiger charge is 2.16. The maximum absolute atomic E-state index is 12.6. The molecule has 3 aromatic rings. The number of nitrogens with one attached hydrogen (secondary N) is 2. The lowest BCUT2D eigenvalue weighted by Crippen LogP contribution is -2.29. The smallest absolute Gasteiger partial charge is 0.255 e. The van der Waals surface area contributed by atoms with Crippen LogP contribution in [0.4, 0.5) is 11.4 Å². The summed E-state index contributed by atoms with van der Waals surface area (Å²) in [6.45, 7) is 4.33. The van der Waals surface area contributed by atoms with E-state index in [-0.39, 0.29) is 11.8 Å². The Balaban J connectivity index is 1.36. The normalized spacial score (nSPS) is 13.4. The predicted molar refractivity (Wildman–Crippen MR) is 119 cm³/mol. The molecule has 152 valence electrons. The Labute approximate surface area is 176 Å². The molecule has 5 nitrogen and oxygen atoms in total. The molecule has 1 aliphatic heterocycles. The lowest BCUT2D eigenvalue weighted by atomic mass is 9.99. The van der Waals surface area contributed by atoms with Crippen LogP contribution in [0.5, 0.6) is 0 Å². The van der Waals surface area contributed by atoms with Gasteiger partial charge in [-0.2, -0.15) is 0 Å². The van der Waals surface area contributed by atoms with Gasteiger partial charge in [0.05, 0.1) is 0 Å². The first-order chi connectivity index (χ1) is 14.6. The van der Waals surface area contributed by atoms with Crippen molar-refractivity contribution in [2.75, 3.05) is 17.2 Å². The molecule has 0 aromatic heterocycles. The van der Waals surface area contributed by atoms with Crippen LogP contribution in [0.15, 0.2) is 72.8 Å². The number of anilines is 2. The molecule has 1 heterocycles. The molecule has 0 fully saturated rings. The molecule has 2 N–H and O–H groups in total. The zero-order valence-electron chi connectivity index (χ0n) is 17.0. The molecule has 0 atom stereocenters. The predicted octanol–water partition coefficient (Wildman–Crippen LogP) is 4.46. The third-order valence-corrected chi connectivity index (χ3v) is 5.27. The summed E-state index contributed by atoms with van der Waals surface area (Å²) in [5.41, 5.74) is 5.94. The van der Waals surface area contributed by atoms with Crippen molar-refractivity contribution >= 4 is 23.2 Å². The second-order valence-electron chi connectivity index (χ2n) is 7.64. The Bertz CT molecular complexity index is 1060. The lowest BCUT2D eigenvalue weighted by Gasteiger charge is -2.28. The first kappa shape index (κ1) is 19.9. The van der Waals surface area contributed by atoms with E-state index in [1.165, 1.54) is 23.6 Å². The number of hydrogen-bond donors (Lipinski definition) is 2. The van der Waals surface area contributed by atoms with Crippen molar-refractivity contribution in [2.45, 2.75) is 26.4 Å². The van der Waals surface area contributed by atoms with Crippen LogP contribution in [0.3, 0.4) is 0 Å². The second-order valence-corrected chi connectivity index (χ2v) is 7.64. The molecular formula is C25H25N3O2. The van der Waals surface area contributed by atoms with E-state index >= 15 is 0 Å². The minimum absolute atomic E-state index is 0.147. The SMILES string of the molecule is CC(=O)Nc1cccc(NC(=O)c2ccc(CN3CCc4ccccc4C3)cc2)c1. The van der Waals surface area contributed by atoms with Gasteiger partial charge in [-0.15, -0.1) is 0 Å². The molecule has 0 bridgehead atoms. The zero-order valence-corrected chi connectivity index (χ0v) is 17.0. The van der Waals surface area contributed by atoms with E-state index in [2.05, 4.69) is 39.8 Å². The molecule has 30 heavy (non-hydrogen) atoms. The van der Waals surface area contributed by atoms with Crippen LogP contribution in [0.1, 0.15) is 34.0 Å². The minimum atomic E-state index is -0.173. The van der Waals surface area contributed by atoms with Gasteiger partial charge in [0.25, 0.3) is 5.91 Å². The maximum Gasteiger partial charge on any atom is 0.255 e. The highest BCUT2D eigenvalue weighted by molar-refractivity contribution is 6.04. The van der Waals surface area contributed by atoms with Crippen LogP contribution in [-0.2, 0) is 24.3 Å². The van der Waals surface area contributed by atoms with E-state index in [4.69, 9.17) is 0 Å². The molecule has 3 aromatic carbocycles. The first-order valence-corrected chi connectivity index (χ1v) is 10.1. The van der Waals surface area contributed by atoms with Gasteiger partial charge >= 0.3 is 0 Å². The summed E-state index contributed by atoms with van der Waals surface area (Å²) >= 11 is 0. The molecule has 2 amide bonds. The van der Waals surface area contributed by atoms with Gasteiger partial charge in [0.2, 0.25) is 5.91 Å². The molecular weight excluding hydrogens is 374 g/mol. The fraction of sp³-hybridized carbons (Fsp3) is 0.200. The van der Waals surface area contributed by atoms with Gasteiger partial charge in [-0.25, -0.2) is 0 Å². The van der Waals surface area contributed by atoms with Crippen LogP contribution in [0, 0.1) is 0 Å². The summed E-state index contributed by atoms with van der Waals surface area (Å²) in [4.78, 5) is 26.2. The third-order valence-electron chi connectivity index (χ3n) is 5.27. The number of fused-ring (bicyclic) bond motifs is 1. The molecule has 4 rings (SSSR count). The Morgan fingerprint density at radius 2 is 1.57 bits per heavy atom. The fourth-order valence-corrected chi connectivity index (χ4v) is 3.79. The fourth-order valence-electron chi connectivity index (χ4n) is 3.79. The molecule has 0 unspecified atom stereocenters. The second kappa shape index (κ2) is 8.93. The third kappa shape index (κ3) is 4.93. The van der Waals surface area contributed by atoms with Crippen molar-refractivity contribution in [2.24, 2.45) is 0 Å². The average molecular weight is 399 g/mol. The number of benzene rings is 3. The van der Waals surface area contributed by atoms with E-state index in [9.17, 15) is 9.59 Å². The lowest BCUT2D eigenvalue weighted by molar-refractivity contribution is -0.114.